The van der Waals surface area contributed by atoms with Gasteiger partial charge in [0.1, 0.15) is 11.3 Å². The predicted molar refractivity (Wildman–Crippen MR) is 114 cm³/mol. The average Bonchev–Trinajstić information content (AvgIpc) is 2.78. The van der Waals surface area contributed by atoms with Crippen LogP contribution < -0.4 is 15.7 Å². The minimum Gasteiger partial charge on any atom is -0.483 e. The Bertz CT molecular complexity index is 1230. The van der Waals surface area contributed by atoms with Gasteiger partial charge in [-0.15, -0.1) is 0 Å². The molecular formula is C24H20N2O4. The number of aryl methyl sites for hydroxylation is 1. The molecule has 6 nitrogen and oxygen atoms in total. The number of nitrogens with zero attached hydrogens (tertiary/aromatic N) is 1. The van der Waals surface area contributed by atoms with Crippen LogP contribution in [0.5, 0.6) is 5.75 Å². The van der Waals surface area contributed by atoms with Gasteiger partial charge in [0, 0.05) is 36.0 Å². The van der Waals surface area contributed by atoms with E-state index in [-0.39, 0.29) is 12.5 Å². The van der Waals surface area contributed by atoms with Crippen molar-refractivity contribution >= 4 is 16.9 Å². The van der Waals surface area contributed by atoms with E-state index in [4.69, 9.17) is 9.15 Å². The second-order valence-corrected chi connectivity index (χ2v) is 6.83. The van der Waals surface area contributed by atoms with Crippen LogP contribution in [0.3, 0.4) is 0 Å². The number of pyridine rings is 1. The van der Waals surface area contributed by atoms with Crippen molar-refractivity contribution in [2.45, 2.75) is 13.5 Å². The molecule has 0 aliphatic carbocycles. The van der Waals surface area contributed by atoms with Gasteiger partial charge in [-0.25, -0.2) is 4.79 Å². The maximum atomic E-state index is 12.2. The van der Waals surface area contributed by atoms with Crippen LogP contribution in [0.2, 0.25) is 0 Å². The molecule has 0 aliphatic rings. The van der Waals surface area contributed by atoms with Gasteiger partial charge in [0.05, 0.1) is 0 Å². The second-order valence-electron chi connectivity index (χ2n) is 6.83. The molecule has 4 aromatic rings. The molecule has 6 heteroatoms. The molecule has 0 saturated carbocycles. The number of carbonyl (C=O) groups is 1. The van der Waals surface area contributed by atoms with Gasteiger partial charge in [0.15, 0.2) is 6.61 Å². The van der Waals surface area contributed by atoms with Gasteiger partial charge in [0.2, 0.25) is 0 Å². The molecule has 2 heterocycles. The first-order chi connectivity index (χ1) is 14.6. The number of benzene rings is 2. The first kappa shape index (κ1) is 19.4. The minimum absolute atomic E-state index is 0.139. The van der Waals surface area contributed by atoms with Gasteiger partial charge in [-0.3, -0.25) is 9.78 Å². The number of fused-ring (bicyclic) bond motifs is 1. The molecule has 0 bridgehead atoms. The highest BCUT2D eigenvalue weighted by Gasteiger charge is 2.14. The summed E-state index contributed by atoms with van der Waals surface area (Å²) in [7, 11) is 0. The van der Waals surface area contributed by atoms with Crippen LogP contribution in [0, 0.1) is 6.92 Å². The van der Waals surface area contributed by atoms with Crippen LogP contribution in [0.15, 0.2) is 82.3 Å². The zero-order valence-corrected chi connectivity index (χ0v) is 16.4. The Morgan fingerprint density at radius 3 is 2.60 bits per heavy atom. The lowest BCUT2D eigenvalue weighted by Gasteiger charge is -2.12. The summed E-state index contributed by atoms with van der Waals surface area (Å²) >= 11 is 0. The normalized spacial score (nSPS) is 10.7. The predicted octanol–water partition coefficient (Wildman–Crippen LogP) is 3.86. The summed E-state index contributed by atoms with van der Waals surface area (Å²) in [6, 6.07) is 18.5. The first-order valence-corrected chi connectivity index (χ1v) is 9.53. The maximum absolute atomic E-state index is 12.2. The third-order valence-corrected chi connectivity index (χ3v) is 4.79. The number of hydrogen-bond acceptors (Lipinski definition) is 5. The maximum Gasteiger partial charge on any atom is 0.336 e. The topological polar surface area (TPSA) is 81.4 Å². The summed E-state index contributed by atoms with van der Waals surface area (Å²) < 4.78 is 11.2. The Hall–Kier alpha value is -3.93. The molecule has 2 aromatic heterocycles. The number of amides is 1. The fourth-order valence-electron chi connectivity index (χ4n) is 3.25. The second kappa shape index (κ2) is 8.61. The third-order valence-electron chi connectivity index (χ3n) is 4.79. The molecule has 1 amide bonds. The molecule has 30 heavy (non-hydrogen) atoms. The van der Waals surface area contributed by atoms with E-state index in [1.807, 2.05) is 55.5 Å². The summed E-state index contributed by atoms with van der Waals surface area (Å²) in [5, 5.41) is 3.61. The zero-order chi connectivity index (χ0) is 20.9. The summed E-state index contributed by atoms with van der Waals surface area (Å²) in [5.74, 6) is 0.251. The monoisotopic (exact) mass is 400 g/mol. The average molecular weight is 400 g/mol. The lowest BCUT2D eigenvalue weighted by molar-refractivity contribution is -0.123. The van der Waals surface area contributed by atoms with E-state index in [0.29, 0.717) is 23.4 Å². The van der Waals surface area contributed by atoms with E-state index in [2.05, 4.69) is 10.3 Å². The zero-order valence-electron chi connectivity index (χ0n) is 16.4. The van der Waals surface area contributed by atoms with E-state index in [0.717, 1.165) is 22.1 Å². The van der Waals surface area contributed by atoms with Gasteiger partial charge in [-0.05, 0) is 47.9 Å². The Kier molecular flexibility index (Phi) is 5.57. The molecule has 0 unspecified atom stereocenters. The van der Waals surface area contributed by atoms with Crippen molar-refractivity contribution in [2.75, 3.05) is 6.61 Å². The van der Waals surface area contributed by atoms with Crippen LogP contribution in [0.4, 0.5) is 0 Å². The molecule has 1 N–H and O–H groups in total. The van der Waals surface area contributed by atoms with Crippen molar-refractivity contribution in [1.82, 2.24) is 10.3 Å². The van der Waals surface area contributed by atoms with Gasteiger partial charge in [0.25, 0.3) is 5.91 Å². The van der Waals surface area contributed by atoms with E-state index < -0.39 is 5.63 Å². The molecular weight excluding hydrogens is 380 g/mol. The van der Waals surface area contributed by atoms with E-state index >= 15 is 0 Å². The number of aromatic nitrogens is 1. The lowest BCUT2D eigenvalue weighted by Crippen LogP contribution is -2.28. The highest BCUT2D eigenvalue weighted by Crippen LogP contribution is 2.32. The summed E-state index contributed by atoms with van der Waals surface area (Å²) in [6.45, 7) is 2.07. The molecule has 150 valence electrons. The molecule has 0 spiro atoms. The highest BCUT2D eigenvalue weighted by atomic mass is 16.5. The Morgan fingerprint density at radius 1 is 1.07 bits per heavy atom. The highest BCUT2D eigenvalue weighted by molar-refractivity contribution is 5.95. The summed E-state index contributed by atoms with van der Waals surface area (Å²) in [6.07, 6.45) is 3.35. The van der Waals surface area contributed by atoms with Crippen LogP contribution >= 0.6 is 0 Å². The van der Waals surface area contributed by atoms with Crippen LogP contribution in [-0.4, -0.2) is 17.5 Å². The molecule has 0 atom stereocenters. The summed E-state index contributed by atoms with van der Waals surface area (Å²) in [4.78, 5) is 28.2. The Morgan fingerprint density at radius 2 is 1.83 bits per heavy atom. The van der Waals surface area contributed by atoms with Crippen molar-refractivity contribution < 1.29 is 13.9 Å². The van der Waals surface area contributed by atoms with Crippen LogP contribution in [-0.2, 0) is 11.3 Å². The van der Waals surface area contributed by atoms with Gasteiger partial charge < -0.3 is 14.5 Å². The Labute approximate surface area is 173 Å². The first-order valence-electron chi connectivity index (χ1n) is 9.53. The third kappa shape index (κ3) is 4.22. The quantitative estimate of drug-likeness (QED) is 0.497. The smallest absolute Gasteiger partial charge is 0.336 e. The number of rotatable bonds is 6. The molecule has 2 aromatic carbocycles. The molecule has 0 radical (unpaired) electrons. The van der Waals surface area contributed by atoms with Crippen LogP contribution in [0.1, 0.15) is 11.1 Å². The summed E-state index contributed by atoms with van der Waals surface area (Å²) in [5.41, 5.74) is 3.37. The van der Waals surface area contributed by atoms with Crippen LogP contribution in [0.25, 0.3) is 22.1 Å². The van der Waals surface area contributed by atoms with E-state index in [1.54, 1.807) is 18.5 Å². The molecule has 4 rings (SSSR count). The van der Waals surface area contributed by atoms with Gasteiger partial charge >= 0.3 is 5.63 Å². The van der Waals surface area contributed by atoms with Crippen molar-refractivity contribution in [3.8, 4) is 16.9 Å². The number of ether oxygens (including phenoxy) is 1. The fraction of sp³-hybridized carbons (Fsp3) is 0.125. The molecule has 0 aliphatic heterocycles. The molecule has 0 saturated heterocycles. The Balaban J connectivity index is 1.54. The van der Waals surface area contributed by atoms with Crippen molar-refractivity contribution in [3.63, 3.8) is 0 Å². The van der Waals surface area contributed by atoms with Crippen molar-refractivity contribution in [2.24, 2.45) is 0 Å². The number of carbonyl (C=O) groups excluding carboxylic acids is 1. The largest absolute Gasteiger partial charge is 0.483 e. The standard InChI is InChI=1S/C24H20N2O4/c1-16-21(29-15-22(27)26-14-17-9-11-25-12-10-17)8-7-19-20(13-23(28)30-24(16)19)18-5-3-2-4-6-18/h2-13H,14-15H2,1H3,(H,26,27). The van der Waals surface area contributed by atoms with E-state index in [9.17, 15) is 9.59 Å². The van der Waals surface area contributed by atoms with Gasteiger partial charge in [-0.1, -0.05) is 30.3 Å². The fourth-order valence-corrected chi connectivity index (χ4v) is 3.25. The number of hydrogen-bond donors (Lipinski definition) is 1. The van der Waals surface area contributed by atoms with E-state index in [1.165, 1.54) is 6.07 Å². The van der Waals surface area contributed by atoms with Crippen molar-refractivity contribution in [1.29, 1.82) is 0 Å². The number of nitrogens with one attached hydrogen (secondary N) is 1. The van der Waals surface area contributed by atoms with Gasteiger partial charge in [-0.2, -0.15) is 0 Å². The molecule has 0 fully saturated rings. The van der Waals surface area contributed by atoms with Crippen molar-refractivity contribution in [3.05, 3.63) is 94.6 Å². The minimum atomic E-state index is -0.434. The lowest BCUT2D eigenvalue weighted by atomic mass is 10.0. The SMILES string of the molecule is Cc1c(OCC(=O)NCc2ccncc2)ccc2c(-c3ccccc3)cc(=O)oc12.